The number of aliphatic hydroxyl groups excluding tert-OH is 1. The molecule has 0 spiro atoms. The Morgan fingerprint density at radius 2 is 1.71 bits per heavy atom. The fourth-order valence-corrected chi connectivity index (χ4v) is 3.41. The predicted octanol–water partition coefficient (Wildman–Crippen LogP) is 3.20. The molecule has 0 aliphatic carbocycles. The molecule has 5 nitrogen and oxygen atoms in total. The van der Waals surface area contributed by atoms with Gasteiger partial charge in [0.25, 0.3) is 11.7 Å². The van der Waals surface area contributed by atoms with Gasteiger partial charge in [0.05, 0.1) is 11.6 Å². The summed E-state index contributed by atoms with van der Waals surface area (Å²) in [6.07, 6.45) is 0.694. The van der Waals surface area contributed by atoms with E-state index in [1.165, 1.54) is 29.2 Å². The van der Waals surface area contributed by atoms with Crippen molar-refractivity contribution in [3.05, 3.63) is 77.1 Å². The summed E-state index contributed by atoms with van der Waals surface area (Å²) >= 11 is 0. The zero-order chi connectivity index (χ0) is 20.3. The number of hydrogen-bond donors (Lipinski definition) is 1. The molecule has 2 aromatic rings. The second-order valence-electron chi connectivity index (χ2n) is 7.07. The second kappa shape index (κ2) is 8.35. The van der Waals surface area contributed by atoms with Gasteiger partial charge in [-0.2, -0.15) is 0 Å². The standard InChI is InChI=1S/C22H23FN2O3/c1-24(2)13-6-14-25-19(15-7-4-3-5-8-15)18(21(27)22(25)28)20(26)16-9-11-17(23)12-10-16/h3-5,7-12,19,26H,6,13-14H2,1-2H3/b20-18+. The molecular weight excluding hydrogens is 359 g/mol. The van der Waals surface area contributed by atoms with E-state index >= 15 is 0 Å². The van der Waals surface area contributed by atoms with Gasteiger partial charge >= 0.3 is 0 Å². The molecule has 0 saturated carbocycles. The predicted molar refractivity (Wildman–Crippen MR) is 105 cm³/mol. The van der Waals surface area contributed by atoms with Crippen molar-refractivity contribution in [1.82, 2.24) is 9.80 Å². The van der Waals surface area contributed by atoms with Crippen LogP contribution in [0.5, 0.6) is 0 Å². The summed E-state index contributed by atoms with van der Waals surface area (Å²) in [5.74, 6) is -2.08. The van der Waals surface area contributed by atoms with E-state index < -0.39 is 23.5 Å². The molecule has 1 aliphatic heterocycles. The van der Waals surface area contributed by atoms with Gasteiger partial charge in [0.2, 0.25) is 0 Å². The topological polar surface area (TPSA) is 60.9 Å². The number of aliphatic hydroxyl groups is 1. The first-order valence-corrected chi connectivity index (χ1v) is 9.14. The highest BCUT2D eigenvalue weighted by atomic mass is 19.1. The summed E-state index contributed by atoms with van der Waals surface area (Å²) in [6, 6.07) is 13.7. The molecule has 1 amide bonds. The minimum atomic E-state index is -0.722. The summed E-state index contributed by atoms with van der Waals surface area (Å²) in [5.41, 5.74) is 1.08. The number of benzene rings is 2. The molecule has 2 aromatic carbocycles. The van der Waals surface area contributed by atoms with Crippen molar-refractivity contribution in [1.29, 1.82) is 0 Å². The number of carbonyl (C=O) groups is 2. The number of carbonyl (C=O) groups excluding carboxylic acids is 2. The van der Waals surface area contributed by atoms with Crippen molar-refractivity contribution in [2.24, 2.45) is 0 Å². The molecule has 1 unspecified atom stereocenters. The van der Waals surface area contributed by atoms with Crippen LogP contribution in [0.25, 0.3) is 5.76 Å². The van der Waals surface area contributed by atoms with Gasteiger partial charge in [0, 0.05) is 12.1 Å². The first-order valence-electron chi connectivity index (χ1n) is 9.14. The van der Waals surface area contributed by atoms with E-state index in [2.05, 4.69) is 0 Å². The van der Waals surface area contributed by atoms with Crippen molar-refractivity contribution in [2.45, 2.75) is 12.5 Å². The number of ketones is 1. The van der Waals surface area contributed by atoms with Crippen LogP contribution in [0.2, 0.25) is 0 Å². The molecule has 0 radical (unpaired) electrons. The zero-order valence-corrected chi connectivity index (χ0v) is 15.9. The maximum absolute atomic E-state index is 13.2. The van der Waals surface area contributed by atoms with Crippen LogP contribution in [0.1, 0.15) is 23.6 Å². The van der Waals surface area contributed by atoms with Gasteiger partial charge in [0.15, 0.2) is 0 Å². The van der Waals surface area contributed by atoms with E-state index in [0.717, 1.165) is 12.1 Å². The van der Waals surface area contributed by atoms with E-state index in [1.807, 2.05) is 49.3 Å². The lowest BCUT2D eigenvalue weighted by Crippen LogP contribution is -2.32. The smallest absolute Gasteiger partial charge is 0.295 e. The van der Waals surface area contributed by atoms with Crippen molar-refractivity contribution in [3.63, 3.8) is 0 Å². The van der Waals surface area contributed by atoms with Gasteiger partial charge in [-0.15, -0.1) is 0 Å². The normalized spacial score (nSPS) is 18.9. The van der Waals surface area contributed by atoms with Gasteiger partial charge in [-0.25, -0.2) is 4.39 Å². The van der Waals surface area contributed by atoms with Gasteiger partial charge in [-0.3, -0.25) is 9.59 Å². The highest BCUT2D eigenvalue weighted by Crippen LogP contribution is 2.39. The van der Waals surface area contributed by atoms with Crippen LogP contribution < -0.4 is 0 Å². The molecule has 3 rings (SSSR count). The van der Waals surface area contributed by atoms with Gasteiger partial charge in [-0.05, 0) is 56.9 Å². The Hall–Kier alpha value is -2.99. The Balaban J connectivity index is 2.06. The molecule has 1 saturated heterocycles. The molecule has 146 valence electrons. The van der Waals surface area contributed by atoms with Gasteiger partial charge in [0.1, 0.15) is 11.6 Å². The van der Waals surface area contributed by atoms with E-state index in [4.69, 9.17) is 0 Å². The van der Waals surface area contributed by atoms with E-state index in [0.29, 0.717) is 18.5 Å². The quantitative estimate of drug-likeness (QED) is 0.474. The molecular formula is C22H23FN2O3. The average molecular weight is 382 g/mol. The van der Waals surface area contributed by atoms with Crippen LogP contribution in [-0.2, 0) is 9.59 Å². The fourth-order valence-electron chi connectivity index (χ4n) is 3.41. The Bertz CT molecular complexity index is 892. The first-order chi connectivity index (χ1) is 13.4. The van der Waals surface area contributed by atoms with Gasteiger partial charge in [-0.1, -0.05) is 30.3 Å². The number of rotatable bonds is 6. The van der Waals surface area contributed by atoms with Crippen LogP contribution in [-0.4, -0.2) is 53.8 Å². The van der Waals surface area contributed by atoms with E-state index in [1.54, 1.807) is 0 Å². The van der Waals surface area contributed by atoms with Crippen LogP contribution >= 0.6 is 0 Å². The van der Waals surface area contributed by atoms with Gasteiger partial charge < -0.3 is 14.9 Å². The highest BCUT2D eigenvalue weighted by Gasteiger charge is 2.45. The summed E-state index contributed by atoms with van der Waals surface area (Å²) in [6.45, 7) is 1.16. The maximum Gasteiger partial charge on any atom is 0.295 e. The maximum atomic E-state index is 13.2. The van der Waals surface area contributed by atoms with Crippen LogP contribution in [0.15, 0.2) is 60.2 Å². The molecule has 1 atom stereocenters. The lowest BCUT2D eigenvalue weighted by atomic mass is 9.95. The molecule has 1 aliphatic rings. The number of halogens is 1. The molecule has 1 fully saturated rings. The molecule has 0 aromatic heterocycles. The van der Waals surface area contributed by atoms with Crippen molar-refractivity contribution < 1.29 is 19.1 Å². The number of Topliss-reactive ketones (excluding diaryl/α,β-unsaturated/α-hetero) is 1. The van der Waals surface area contributed by atoms with E-state index in [9.17, 15) is 19.1 Å². The fraction of sp³-hybridized carbons (Fsp3) is 0.273. The highest BCUT2D eigenvalue weighted by molar-refractivity contribution is 6.46. The lowest BCUT2D eigenvalue weighted by Gasteiger charge is -2.26. The molecule has 28 heavy (non-hydrogen) atoms. The molecule has 1 N–H and O–H groups in total. The zero-order valence-electron chi connectivity index (χ0n) is 15.9. The largest absolute Gasteiger partial charge is 0.507 e. The van der Waals surface area contributed by atoms with Crippen molar-refractivity contribution >= 4 is 17.4 Å². The number of amides is 1. The number of likely N-dealkylation sites (tertiary alicyclic amines) is 1. The second-order valence-corrected chi connectivity index (χ2v) is 7.07. The molecule has 6 heteroatoms. The Morgan fingerprint density at radius 3 is 2.32 bits per heavy atom. The summed E-state index contributed by atoms with van der Waals surface area (Å²) < 4.78 is 13.2. The third-order valence-electron chi connectivity index (χ3n) is 4.78. The lowest BCUT2D eigenvalue weighted by molar-refractivity contribution is -0.139. The SMILES string of the molecule is CN(C)CCCN1C(=O)C(=O)/C(=C(/O)c2ccc(F)cc2)C1c1ccccc1. The Morgan fingerprint density at radius 1 is 1.07 bits per heavy atom. The third kappa shape index (κ3) is 3.97. The summed E-state index contributed by atoms with van der Waals surface area (Å²) in [7, 11) is 3.88. The molecule has 1 heterocycles. The minimum absolute atomic E-state index is 0.0349. The molecule has 0 bridgehead atoms. The number of hydrogen-bond acceptors (Lipinski definition) is 4. The van der Waals surface area contributed by atoms with Crippen LogP contribution in [0.4, 0.5) is 4.39 Å². The first kappa shape index (κ1) is 19.8. The Labute approximate surface area is 163 Å². The third-order valence-corrected chi connectivity index (χ3v) is 4.78. The van der Waals surface area contributed by atoms with Crippen molar-refractivity contribution in [2.75, 3.05) is 27.2 Å². The summed E-state index contributed by atoms with van der Waals surface area (Å²) in [5, 5.41) is 10.8. The van der Waals surface area contributed by atoms with E-state index in [-0.39, 0.29) is 11.3 Å². The minimum Gasteiger partial charge on any atom is -0.507 e. The van der Waals surface area contributed by atoms with Crippen LogP contribution in [0, 0.1) is 5.82 Å². The monoisotopic (exact) mass is 382 g/mol. The Kier molecular flexibility index (Phi) is 5.90. The summed E-state index contributed by atoms with van der Waals surface area (Å²) in [4.78, 5) is 29.0. The number of nitrogens with zero attached hydrogens (tertiary/aromatic N) is 2. The van der Waals surface area contributed by atoms with Crippen molar-refractivity contribution in [3.8, 4) is 0 Å². The van der Waals surface area contributed by atoms with Crippen LogP contribution in [0.3, 0.4) is 0 Å². The average Bonchev–Trinajstić information content (AvgIpc) is 2.93.